The van der Waals surface area contributed by atoms with Crippen LogP contribution in [0.25, 0.3) is 0 Å². The Morgan fingerprint density at radius 1 is 1.00 bits per heavy atom. The van der Waals surface area contributed by atoms with E-state index < -0.39 is 31.5 Å². The normalized spacial score (nSPS) is 25.1. The average Bonchev–Trinajstić information content (AvgIpc) is 2.70. The standard InChI is InChI=1S/C7H11BO7/c1-11-6(9)4-5(7(10)12-2)15-8(13-3)14-4/h4-5H,1-3H3/t4-,5-/m1/s1. The van der Waals surface area contributed by atoms with Crippen LogP contribution >= 0.6 is 0 Å². The predicted octanol–water partition coefficient (Wildman–Crippen LogP) is -1.25. The largest absolute Gasteiger partial charge is 0.640 e. The first-order chi connectivity index (χ1) is 7.13. The minimum Gasteiger partial charge on any atom is -0.467 e. The van der Waals surface area contributed by atoms with Gasteiger partial charge in [-0.05, 0) is 0 Å². The molecule has 0 radical (unpaired) electrons. The van der Waals surface area contributed by atoms with Crippen LogP contribution in [0.1, 0.15) is 0 Å². The zero-order chi connectivity index (χ0) is 11.4. The van der Waals surface area contributed by atoms with E-state index in [2.05, 4.69) is 9.47 Å². The molecule has 1 heterocycles. The van der Waals surface area contributed by atoms with E-state index in [1.165, 1.54) is 21.3 Å². The molecule has 1 saturated heterocycles. The molecule has 0 aromatic rings. The van der Waals surface area contributed by atoms with Crippen molar-refractivity contribution in [2.75, 3.05) is 21.3 Å². The Kier molecular flexibility index (Phi) is 4.07. The third-order valence-electron chi connectivity index (χ3n) is 1.85. The van der Waals surface area contributed by atoms with Crippen LogP contribution in [0.2, 0.25) is 0 Å². The third-order valence-corrected chi connectivity index (χ3v) is 1.85. The van der Waals surface area contributed by atoms with E-state index in [0.29, 0.717) is 0 Å². The van der Waals surface area contributed by atoms with Crippen LogP contribution in [0.15, 0.2) is 0 Å². The molecule has 0 spiro atoms. The number of rotatable bonds is 3. The van der Waals surface area contributed by atoms with E-state index in [0.717, 1.165) is 0 Å². The van der Waals surface area contributed by atoms with Crippen LogP contribution in [0.3, 0.4) is 0 Å². The zero-order valence-corrected chi connectivity index (χ0v) is 8.59. The number of esters is 2. The van der Waals surface area contributed by atoms with Crippen molar-refractivity contribution in [1.29, 1.82) is 0 Å². The molecule has 0 bridgehead atoms. The van der Waals surface area contributed by atoms with Gasteiger partial charge in [0.1, 0.15) is 0 Å². The van der Waals surface area contributed by atoms with Gasteiger partial charge in [-0.1, -0.05) is 0 Å². The van der Waals surface area contributed by atoms with Crippen molar-refractivity contribution < 1.29 is 33.0 Å². The Morgan fingerprint density at radius 3 is 1.67 bits per heavy atom. The topological polar surface area (TPSA) is 80.3 Å². The van der Waals surface area contributed by atoms with Crippen molar-refractivity contribution in [3.05, 3.63) is 0 Å². The molecule has 0 aromatic heterocycles. The second kappa shape index (κ2) is 5.10. The molecule has 7 nitrogen and oxygen atoms in total. The number of methoxy groups -OCH3 is 2. The van der Waals surface area contributed by atoms with Gasteiger partial charge in [-0.3, -0.25) is 0 Å². The lowest BCUT2D eigenvalue weighted by Crippen LogP contribution is -2.38. The molecule has 0 saturated carbocycles. The molecule has 0 N–H and O–H groups in total. The van der Waals surface area contributed by atoms with Gasteiger partial charge < -0.3 is 23.4 Å². The van der Waals surface area contributed by atoms with Crippen molar-refractivity contribution in [3.63, 3.8) is 0 Å². The van der Waals surface area contributed by atoms with Crippen LogP contribution in [0, 0.1) is 0 Å². The smallest absolute Gasteiger partial charge is 0.467 e. The van der Waals surface area contributed by atoms with Gasteiger partial charge in [0.05, 0.1) is 14.2 Å². The quantitative estimate of drug-likeness (QED) is 0.432. The van der Waals surface area contributed by atoms with Gasteiger partial charge in [0, 0.05) is 7.11 Å². The highest BCUT2D eigenvalue weighted by atomic mass is 16.8. The summed E-state index contributed by atoms with van der Waals surface area (Å²) in [7, 11) is 2.61. The van der Waals surface area contributed by atoms with Crippen LogP contribution in [0.5, 0.6) is 0 Å². The van der Waals surface area contributed by atoms with Gasteiger partial charge in [-0.15, -0.1) is 0 Å². The Bertz CT molecular complexity index is 232. The first-order valence-corrected chi connectivity index (χ1v) is 4.13. The summed E-state index contributed by atoms with van der Waals surface area (Å²) in [5, 5.41) is 0. The van der Waals surface area contributed by atoms with E-state index in [1.807, 2.05) is 0 Å². The summed E-state index contributed by atoms with van der Waals surface area (Å²) >= 11 is 0. The lowest BCUT2D eigenvalue weighted by molar-refractivity contribution is -0.160. The average molecular weight is 218 g/mol. The second-order valence-electron chi connectivity index (χ2n) is 2.68. The van der Waals surface area contributed by atoms with E-state index >= 15 is 0 Å². The van der Waals surface area contributed by atoms with Crippen molar-refractivity contribution in [3.8, 4) is 0 Å². The number of carbonyl (C=O) groups excluding carboxylic acids is 2. The Balaban J connectivity index is 2.73. The maximum absolute atomic E-state index is 11.2. The molecular formula is C7H11BO7. The summed E-state index contributed by atoms with van der Waals surface area (Å²) in [5.74, 6) is -1.44. The molecule has 0 amide bonds. The molecule has 84 valence electrons. The minimum absolute atomic E-state index is 0.718. The Morgan fingerprint density at radius 2 is 1.40 bits per heavy atom. The molecule has 1 fully saturated rings. The maximum Gasteiger partial charge on any atom is 0.640 e. The fourth-order valence-electron chi connectivity index (χ4n) is 1.12. The summed E-state index contributed by atoms with van der Waals surface area (Å²) in [6.07, 6.45) is -2.32. The van der Waals surface area contributed by atoms with Crippen LogP contribution in [-0.2, 0) is 33.0 Å². The van der Waals surface area contributed by atoms with Crippen LogP contribution < -0.4 is 0 Å². The van der Waals surface area contributed by atoms with Gasteiger partial charge in [-0.2, -0.15) is 0 Å². The minimum atomic E-state index is -1.16. The molecule has 0 aromatic carbocycles. The first-order valence-electron chi connectivity index (χ1n) is 4.13. The van der Waals surface area contributed by atoms with Gasteiger partial charge >= 0.3 is 19.3 Å². The molecule has 2 atom stereocenters. The fourth-order valence-corrected chi connectivity index (χ4v) is 1.12. The molecule has 1 aliphatic heterocycles. The maximum atomic E-state index is 11.2. The molecule has 0 aliphatic carbocycles. The van der Waals surface area contributed by atoms with E-state index in [-0.39, 0.29) is 0 Å². The summed E-state index contributed by atoms with van der Waals surface area (Å²) in [5.41, 5.74) is 0. The molecule has 15 heavy (non-hydrogen) atoms. The predicted molar refractivity (Wildman–Crippen MR) is 46.5 cm³/mol. The lowest BCUT2D eigenvalue weighted by Gasteiger charge is -2.12. The van der Waals surface area contributed by atoms with Crippen molar-refractivity contribution in [2.24, 2.45) is 0 Å². The second-order valence-corrected chi connectivity index (χ2v) is 2.68. The number of ether oxygens (including phenoxy) is 2. The van der Waals surface area contributed by atoms with E-state index in [1.54, 1.807) is 0 Å². The number of carbonyl (C=O) groups is 2. The van der Waals surface area contributed by atoms with Gasteiger partial charge in [0.2, 0.25) is 0 Å². The molecule has 8 heteroatoms. The highest BCUT2D eigenvalue weighted by Gasteiger charge is 2.50. The Hall–Kier alpha value is -1.12. The summed E-state index contributed by atoms with van der Waals surface area (Å²) in [6, 6.07) is 0. The summed E-state index contributed by atoms with van der Waals surface area (Å²) < 4.78 is 23.5. The molecular weight excluding hydrogens is 207 g/mol. The van der Waals surface area contributed by atoms with Crippen molar-refractivity contribution >= 4 is 19.3 Å². The van der Waals surface area contributed by atoms with E-state index in [4.69, 9.17) is 14.0 Å². The number of hydrogen-bond acceptors (Lipinski definition) is 7. The molecule has 1 rings (SSSR count). The summed E-state index contributed by atoms with van der Waals surface area (Å²) in [4.78, 5) is 22.4. The molecule has 1 aliphatic rings. The highest BCUT2D eigenvalue weighted by Crippen LogP contribution is 2.19. The van der Waals surface area contributed by atoms with Crippen LogP contribution in [0.4, 0.5) is 0 Å². The lowest BCUT2D eigenvalue weighted by atomic mass is 10.2. The number of hydrogen-bond donors (Lipinski definition) is 0. The SMILES string of the molecule is COB1O[C@@H](C(=O)OC)[C@H](C(=O)OC)O1. The monoisotopic (exact) mass is 218 g/mol. The van der Waals surface area contributed by atoms with Gasteiger partial charge in [0.15, 0.2) is 12.2 Å². The Labute approximate surface area is 86.7 Å². The zero-order valence-electron chi connectivity index (χ0n) is 8.59. The van der Waals surface area contributed by atoms with Crippen molar-refractivity contribution in [1.82, 2.24) is 0 Å². The van der Waals surface area contributed by atoms with Gasteiger partial charge in [-0.25, -0.2) is 9.59 Å². The highest BCUT2D eigenvalue weighted by molar-refractivity contribution is 6.38. The van der Waals surface area contributed by atoms with Gasteiger partial charge in [0.25, 0.3) is 0 Å². The van der Waals surface area contributed by atoms with Crippen molar-refractivity contribution in [2.45, 2.75) is 12.2 Å². The fraction of sp³-hybridized carbons (Fsp3) is 0.714. The summed E-state index contributed by atoms with van der Waals surface area (Å²) in [6.45, 7) is 0. The first kappa shape index (κ1) is 12.0. The van der Waals surface area contributed by atoms with Crippen LogP contribution in [-0.4, -0.2) is 52.8 Å². The van der Waals surface area contributed by atoms with E-state index in [9.17, 15) is 9.59 Å². The third kappa shape index (κ3) is 2.47. The molecule has 0 unspecified atom stereocenters.